The molecule has 1 atom stereocenters. The summed E-state index contributed by atoms with van der Waals surface area (Å²) in [4.78, 5) is 24.7. The molecule has 0 bridgehead atoms. The molecule has 0 spiro atoms. The minimum Gasteiger partial charge on any atom is -0.490 e. The van der Waals surface area contributed by atoms with Crippen LogP contribution < -0.4 is 10.5 Å². The van der Waals surface area contributed by atoms with E-state index in [1.165, 1.54) is 25.3 Å². The molecule has 2 N–H and O–H groups in total. The first-order valence-corrected chi connectivity index (χ1v) is 7.38. The highest BCUT2D eigenvalue weighted by Gasteiger charge is 2.25. The normalized spacial score (nSPS) is 17.3. The van der Waals surface area contributed by atoms with E-state index in [2.05, 4.69) is 0 Å². The van der Waals surface area contributed by atoms with Crippen LogP contribution in [0.2, 0.25) is 0 Å². The zero-order valence-corrected chi connectivity index (χ0v) is 13.9. The number of carbonyl (C=O) groups excluding carboxylic acids is 1. The van der Waals surface area contributed by atoms with E-state index >= 15 is 0 Å². The number of halogens is 1. The van der Waals surface area contributed by atoms with Gasteiger partial charge in [0.05, 0.1) is 12.0 Å². The number of methoxy groups -OCH3 is 1. The summed E-state index contributed by atoms with van der Waals surface area (Å²) in [6, 6.07) is 4.23. The highest BCUT2D eigenvalue weighted by atomic mass is 35.5. The van der Waals surface area contributed by atoms with Crippen LogP contribution in [0.3, 0.4) is 0 Å². The first-order chi connectivity index (χ1) is 10.6. The number of carbonyl (C=O) groups is 1. The second kappa shape index (κ2) is 8.69. The average Bonchev–Trinajstić information content (AvgIpc) is 2.54. The van der Waals surface area contributed by atoms with E-state index in [1.54, 1.807) is 4.90 Å². The van der Waals surface area contributed by atoms with Crippen molar-refractivity contribution in [3.63, 3.8) is 0 Å². The van der Waals surface area contributed by atoms with Crippen LogP contribution in [0.15, 0.2) is 18.2 Å². The molecule has 0 aliphatic carbocycles. The van der Waals surface area contributed by atoms with Gasteiger partial charge in [-0.1, -0.05) is 0 Å². The van der Waals surface area contributed by atoms with Crippen molar-refractivity contribution < 1.29 is 14.5 Å². The standard InChI is InChI=1S/C15H21N3O4.ClH/c1-22-14-9-12(4-5-13(14)18(20)21)15(19)17-8-2-3-11(10-17)6-7-16;/h4-5,9,11H,2-3,6-8,10,16H2,1H3;1H. The van der Waals surface area contributed by atoms with Gasteiger partial charge in [0.25, 0.3) is 5.91 Å². The highest BCUT2D eigenvalue weighted by Crippen LogP contribution is 2.29. The second-order valence-corrected chi connectivity index (χ2v) is 5.48. The predicted octanol–water partition coefficient (Wildman–Crippen LogP) is 2.23. The molecule has 128 valence electrons. The molecule has 0 saturated carbocycles. The lowest BCUT2D eigenvalue weighted by molar-refractivity contribution is -0.385. The third-order valence-corrected chi connectivity index (χ3v) is 4.00. The van der Waals surface area contributed by atoms with Gasteiger partial charge in [-0.05, 0) is 37.8 Å². The zero-order valence-electron chi connectivity index (χ0n) is 13.1. The van der Waals surface area contributed by atoms with Crippen LogP contribution in [-0.4, -0.2) is 42.5 Å². The molecule has 1 amide bonds. The predicted molar refractivity (Wildman–Crippen MR) is 89.2 cm³/mol. The molecular formula is C15H22ClN3O4. The van der Waals surface area contributed by atoms with Crippen LogP contribution in [0.1, 0.15) is 29.6 Å². The maximum absolute atomic E-state index is 12.6. The first kappa shape index (κ1) is 19.2. The van der Waals surface area contributed by atoms with Gasteiger partial charge in [-0.25, -0.2) is 0 Å². The van der Waals surface area contributed by atoms with Crippen LogP contribution in [0.5, 0.6) is 5.75 Å². The quantitative estimate of drug-likeness (QED) is 0.652. The van der Waals surface area contributed by atoms with Gasteiger partial charge in [-0.15, -0.1) is 12.4 Å². The average molecular weight is 344 g/mol. The Bertz CT molecular complexity index is 566. The molecule has 1 heterocycles. The largest absolute Gasteiger partial charge is 0.490 e. The van der Waals surface area contributed by atoms with Crippen molar-refractivity contribution in [3.05, 3.63) is 33.9 Å². The summed E-state index contributed by atoms with van der Waals surface area (Å²) >= 11 is 0. The van der Waals surface area contributed by atoms with Crippen LogP contribution in [0.4, 0.5) is 5.69 Å². The molecule has 0 radical (unpaired) electrons. The smallest absolute Gasteiger partial charge is 0.310 e. The van der Waals surface area contributed by atoms with Gasteiger partial charge in [-0.3, -0.25) is 14.9 Å². The van der Waals surface area contributed by atoms with Gasteiger partial charge in [0.1, 0.15) is 0 Å². The Morgan fingerprint density at radius 2 is 2.26 bits per heavy atom. The number of benzene rings is 1. The van der Waals surface area contributed by atoms with Crippen molar-refractivity contribution in [2.45, 2.75) is 19.3 Å². The summed E-state index contributed by atoms with van der Waals surface area (Å²) in [6.45, 7) is 2.02. The van der Waals surface area contributed by atoms with Gasteiger partial charge in [0.15, 0.2) is 5.75 Å². The summed E-state index contributed by atoms with van der Waals surface area (Å²) < 4.78 is 5.02. The van der Waals surface area contributed by atoms with Gasteiger partial charge < -0.3 is 15.4 Å². The number of amides is 1. The van der Waals surface area contributed by atoms with Gasteiger partial charge in [0.2, 0.25) is 0 Å². The van der Waals surface area contributed by atoms with Crippen LogP contribution in [0.25, 0.3) is 0 Å². The van der Waals surface area contributed by atoms with E-state index in [9.17, 15) is 14.9 Å². The molecule has 1 fully saturated rings. The number of likely N-dealkylation sites (tertiary alicyclic amines) is 1. The maximum atomic E-state index is 12.6. The number of piperidine rings is 1. The molecular weight excluding hydrogens is 322 g/mol. The van der Waals surface area contributed by atoms with E-state index < -0.39 is 4.92 Å². The number of hydrogen-bond donors (Lipinski definition) is 1. The maximum Gasteiger partial charge on any atom is 0.310 e. The molecule has 1 aliphatic rings. The molecule has 1 aromatic rings. The van der Waals surface area contributed by atoms with Gasteiger partial charge in [-0.2, -0.15) is 0 Å². The number of nitro groups is 1. The number of rotatable bonds is 5. The molecule has 1 aliphatic heterocycles. The minimum absolute atomic E-state index is 0. The van der Waals surface area contributed by atoms with Gasteiger partial charge in [0, 0.05) is 30.8 Å². The number of nitrogens with zero attached hydrogens (tertiary/aromatic N) is 2. The Balaban J connectivity index is 0.00000264. The number of ether oxygens (including phenoxy) is 1. The van der Waals surface area contributed by atoms with Crippen LogP contribution in [-0.2, 0) is 0 Å². The monoisotopic (exact) mass is 343 g/mol. The molecule has 1 saturated heterocycles. The Kier molecular flexibility index (Phi) is 7.25. The summed E-state index contributed by atoms with van der Waals surface area (Å²) in [6.07, 6.45) is 2.96. The Hall–Kier alpha value is -1.86. The number of nitrogens with two attached hydrogens (primary N) is 1. The molecule has 1 unspecified atom stereocenters. The Labute approximate surface area is 141 Å². The first-order valence-electron chi connectivity index (χ1n) is 7.38. The van der Waals surface area contributed by atoms with E-state index in [4.69, 9.17) is 10.5 Å². The lowest BCUT2D eigenvalue weighted by Crippen LogP contribution is -2.40. The summed E-state index contributed by atoms with van der Waals surface area (Å²) in [7, 11) is 1.36. The van der Waals surface area contributed by atoms with Crippen LogP contribution in [0, 0.1) is 16.0 Å². The summed E-state index contributed by atoms with van der Waals surface area (Å²) in [5, 5.41) is 10.9. The zero-order chi connectivity index (χ0) is 16.1. The fourth-order valence-electron chi connectivity index (χ4n) is 2.86. The molecule has 2 rings (SSSR count). The van der Waals surface area contributed by atoms with Crippen molar-refractivity contribution in [3.8, 4) is 5.75 Å². The van der Waals surface area contributed by atoms with Crippen molar-refractivity contribution in [1.29, 1.82) is 0 Å². The molecule has 8 heteroatoms. The number of hydrogen-bond acceptors (Lipinski definition) is 5. The molecule has 0 aromatic heterocycles. The van der Waals surface area contributed by atoms with E-state index in [0.717, 1.165) is 19.3 Å². The van der Waals surface area contributed by atoms with Crippen molar-refractivity contribution >= 4 is 24.0 Å². The number of nitro benzene ring substituents is 1. The highest BCUT2D eigenvalue weighted by molar-refractivity contribution is 5.95. The van der Waals surface area contributed by atoms with Crippen molar-refractivity contribution in [2.24, 2.45) is 11.7 Å². The van der Waals surface area contributed by atoms with Gasteiger partial charge >= 0.3 is 5.69 Å². The minimum atomic E-state index is -0.523. The third-order valence-electron chi connectivity index (χ3n) is 4.00. The van der Waals surface area contributed by atoms with Crippen molar-refractivity contribution in [1.82, 2.24) is 4.90 Å². The van der Waals surface area contributed by atoms with E-state index in [0.29, 0.717) is 31.1 Å². The fraction of sp³-hybridized carbons (Fsp3) is 0.533. The molecule has 23 heavy (non-hydrogen) atoms. The van der Waals surface area contributed by atoms with E-state index in [1.807, 2.05) is 0 Å². The lowest BCUT2D eigenvalue weighted by Gasteiger charge is -2.32. The van der Waals surface area contributed by atoms with Crippen LogP contribution >= 0.6 is 12.4 Å². The van der Waals surface area contributed by atoms with Crippen molar-refractivity contribution in [2.75, 3.05) is 26.7 Å². The topological polar surface area (TPSA) is 98.7 Å². The lowest BCUT2D eigenvalue weighted by atomic mass is 9.94. The summed E-state index contributed by atoms with van der Waals surface area (Å²) in [5.41, 5.74) is 5.86. The summed E-state index contributed by atoms with van der Waals surface area (Å²) in [5.74, 6) is 0.420. The Morgan fingerprint density at radius 3 is 2.87 bits per heavy atom. The second-order valence-electron chi connectivity index (χ2n) is 5.48. The SMILES string of the molecule is COc1cc(C(=O)N2CCCC(CCN)C2)ccc1[N+](=O)[O-].Cl. The Morgan fingerprint density at radius 1 is 1.52 bits per heavy atom. The molecule has 1 aromatic carbocycles. The van der Waals surface area contributed by atoms with E-state index in [-0.39, 0.29) is 29.8 Å². The third kappa shape index (κ3) is 4.56. The molecule has 7 nitrogen and oxygen atoms in total. The fourth-order valence-corrected chi connectivity index (χ4v) is 2.86.